The number of halogens is 1. The van der Waals surface area contributed by atoms with Crippen LogP contribution in [-0.4, -0.2) is 17.6 Å². The molecule has 0 aromatic heterocycles. The third kappa shape index (κ3) is 3.17. The van der Waals surface area contributed by atoms with Crippen molar-refractivity contribution in [1.29, 1.82) is 0 Å². The summed E-state index contributed by atoms with van der Waals surface area (Å²) >= 11 is 0. The van der Waals surface area contributed by atoms with Crippen LogP contribution in [0.2, 0.25) is 0 Å². The molecule has 22 heavy (non-hydrogen) atoms. The van der Waals surface area contributed by atoms with E-state index < -0.39 is 5.97 Å². The van der Waals surface area contributed by atoms with E-state index in [4.69, 9.17) is 5.11 Å². The average Bonchev–Trinajstić information content (AvgIpc) is 3.29. The van der Waals surface area contributed by atoms with Crippen LogP contribution in [0.5, 0.6) is 0 Å². The van der Waals surface area contributed by atoms with Crippen LogP contribution in [0.15, 0.2) is 48.5 Å². The highest BCUT2D eigenvalue weighted by Gasteiger charge is 2.43. The number of carboxylic acids is 1. The summed E-state index contributed by atoms with van der Waals surface area (Å²) in [6.45, 7) is 1.54. The number of benzene rings is 2. The van der Waals surface area contributed by atoms with Gasteiger partial charge in [-0.2, -0.15) is 0 Å². The summed E-state index contributed by atoms with van der Waals surface area (Å²) in [5.74, 6) is -1.11. The molecular weight excluding hydrogens is 281 g/mol. The van der Waals surface area contributed by atoms with Crippen LogP contribution in [0.3, 0.4) is 0 Å². The molecule has 0 saturated heterocycles. The molecule has 0 unspecified atom stereocenters. The van der Waals surface area contributed by atoms with Crippen LogP contribution in [-0.2, 0) is 12.0 Å². The van der Waals surface area contributed by atoms with Gasteiger partial charge in [-0.1, -0.05) is 24.3 Å². The van der Waals surface area contributed by atoms with Crippen molar-refractivity contribution >= 4 is 5.97 Å². The van der Waals surface area contributed by atoms with E-state index in [0.717, 1.165) is 24.9 Å². The first-order chi connectivity index (χ1) is 10.6. The lowest BCUT2D eigenvalue weighted by molar-refractivity contribution is 0.0697. The fourth-order valence-corrected chi connectivity index (χ4v) is 2.73. The van der Waals surface area contributed by atoms with Crippen LogP contribution in [0, 0.1) is 5.82 Å². The highest BCUT2D eigenvalue weighted by Crippen LogP contribution is 2.47. The second-order valence-electron chi connectivity index (χ2n) is 5.89. The predicted molar refractivity (Wildman–Crippen MR) is 82.4 cm³/mol. The first-order valence-corrected chi connectivity index (χ1v) is 7.38. The number of carbonyl (C=O) groups is 1. The van der Waals surface area contributed by atoms with Crippen molar-refractivity contribution in [2.75, 3.05) is 6.54 Å². The van der Waals surface area contributed by atoms with Crippen molar-refractivity contribution < 1.29 is 14.3 Å². The lowest BCUT2D eigenvalue weighted by Crippen LogP contribution is -2.26. The van der Waals surface area contributed by atoms with Gasteiger partial charge >= 0.3 is 5.97 Å². The standard InChI is InChI=1S/C18H18FNO2/c19-16-7-5-15(6-8-16)18(9-10-18)12-20-11-13-1-3-14(4-2-13)17(21)22/h1-8,20H,9-12H2,(H,21,22). The number of nitrogens with one attached hydrogen (secondary N) is 1. The van der Waals surface area contributed by atoms with Gasteiger partial charge in [-0.25, -0.2) is 9.18 Å². The maximum absolute atomic E-state index is 13.0. The minimum atomic E-state index is -0.909. The van der Waals surface area contributed by atoms with Crippen LogP contribution in [0.4, 0.5) is 4.39 Å². The Kier molecular flexibility index (Phi) is 3.94. The number of rotatable bonds is 6. The van der Waals surface area contributed by atoms with E-state index in [9.17, 15) is 9.18 Å². The largest absolute Gasteiger partial charge is 0.478 e. The van der Waals surface area contributed by atoms with Gasteiger partial charge in [0.15, 0.2) is 0 Å². The monoisotopic (exact) mass is 299 g/mol. The first kappa shape index (κ1) is 14.7. The molecule has 3 rings (SSSR count). The molecule has 2 aromatic rings. The van der Waals surface area contributed by atoms with Crippen LogP contribution < -0.4 is 5.32 Å². The van der Waals surface area contributed by atoms with E-state index in [1.54, 1.807) is 12.1 Å². The van der Waals surface area contributed by atoms with Gasteiger partial charge in [-0.05, 0) is 48.2 Å². The molecule has 1 aliphatic rings. The highest BCUT2D eigenvalue weighted by atomic mass is 19.1. The maximum atomic E-state index is 13.0. The van der Waals surface area contributed by atoms with Crippen LogP contribution in [0.1, 0.15) is 34.3 Å². The van der Waals surface area contributed by atoms with Crippen molar-refractivity contribution in [3.8, 4) is 0 Å². The van der Waals surface area contributed by atoms with Gasteiger partial charge in [0.25, 0.3) is 0 Å². The van der Waals surface area contributed by atoms with E-state index in [2.05, 4.69) is 5.32 Å². The van der Waals surface area contributed by atoms with E-state index in [0.29, 0.717) is 12.1 Å². The lowest BCUT2D eigenvalue weighted by Gasteiger charge is -2.16. The van der Waals surface area contributed by atoms with Crippen molar-refractivity contribution in [2.24, 2.45) is 0 Å². The normalized spacial score (nSPS) is 15.5. The van der Waals surface area contributed by atoms with Gasteiger partial charge < -0.3 is 10.4 Å². The molecule has 1 saturated carbocycles. The second kappa shape index (κ2) is 5.89. The first-order valence-electron chi connectivity index (χ1n) is 7.38. The minimum Gasteiger partial charge on any atom is -0.478 e. The summed E-state index contributed by atoms with van der Waals surface area (Å²) in [5, 5.41) is 12.3. The topological polar surface area (TPSA) is 49.3 Å². The molecule has 0 radical (unpaired) electrons. The van der Waals surface area contributed by atoms with Crippen molar-refractivity contribution in [3.05, 3.63) is 71.0 Å². The molecule has 1 fully saturated rings. The molecule has 0 amide bonds. The summed E-state index contributed by atoms with van der Waals surface area (Å²) in [5.41, 5.74) is 2.67. The summed E-state index contributed by atoms with van der Waals surface area (Å²) in [4.78, 5) is 10.8. The summed E-state index contributed by atoms with van der Waals surface area (Å²) in [7, 11) is 0. The van der Waals surface area contributed by atoms with E-state index in [-0.39, 0.29) is 11.2 Å². The van der Waals surface area contributed by atoms with Gasteiger partial charge in [0.1, 0.15) is 5.82 Å². The Hall–Kier alpha value is -2.20. The Morgan fingerprint density at radius 2 is 1.73 bits per heavy atom. The summed E-state index contributed by atoms with van der Waals surface area (Å²) in [6.07, 6.45) is 2.23. The van der Waals surface area contributed by atoms with Crippen molar-refractivity contribution in [2.45, 2.75) is 24.8 Å². The predicted octanol–water partition coefficient (Wildman–Crippen LogP) is 3.35. The molecule has 3 nitrogen and oxygen atoms in total. The molecule has 0 atom stereocenters. The Morgan fingerprint density at radius 3 is 2.27 bits per heavy atom. The Labute approximate surface area is 128 Å². The number of hydrogen-bond donors (Lipinski definition) is 2. The fraction of sp³-hybridized carbons (Fsp3) is 0.278. The zero-order valence-electron chi connectivity index (χ0n) is 12.2. The minimum absolute atomic E-state index is 0.134. The molecule has 0 heterocycles. The zero-order chi connectivity index (χ0) is 15.6. The molecule has 2 N–H and O–H groups in total. The van der Waals surface area contributed by atoms with Crippen LogP contribution >= 0.6 is 0 Å². The van der Waals surface area contributed by atoms with Gasteiger partial charge in [-0.3, -0.25) is 0 Å². The Bertz CT molecular complexity index is 660. The van der Waals surface area contributed by atoms with Crippen molar-refractivity contribution in [3.63, 3.8) is 0 Å². The molecular formula is C18H18FNO2. The Morgan fingerprint density at radius 1 is 1.09 bits per heavy atom. The molecule has 0 spiro atoms. The van der Waals surface area contributed by atoms with Gasteiger partial charge in [0, 0.05) is 18.5 Å². The third-order valence-corrected chi connectivity index (χ3v) is 4.30. The fourth-order valence-electron chi connectivity index (χ4n) is 2.73. The SMILES string of the molecule is O=C(O)c1ccc(CNCC2(c3ccc(F)cc3)CC2)cc1. The van der Waals surface area contributed by atoms with Gasteiger partial charge in [0.2, 0.25) is 0 Å². The van der Waals surface area contributed by atoms with E-state index >= 15 is 0 Å². The summed E-state index contributed by atoms with van der Waals surface area (Å²) < 4.78 is 13.0. The molecule has 114 valence electrons. The molecule has 0 bridgehead atoms. The van der Waals surface area contributed by atoms with Crippen LogP contribution in [0.25, 0.3) is 0 Å². The Balaban J connectivity index is 1.56. The second-order valence-corrected chi connectivity index (χ2v) is 5.89. The molecule has 1 aliphatic carbocycles. The van der Waals surface area contributed by atoms with E-state index in [1.165, 1.54) is 17.7 Å². The smallest absolute Gasteiger partial charge is 0.335 e. The number of aromatic carboxylic acids is 1. The number of carboxylic acid groups (broad SMARTS) is 1. The van der Waals surface area contributed by atoms with Gasteiger partial charge in [-0.15, -0.1) is 0 Å². The molecule has 4 heteroatoms. The highest BCUT2D eigenvalue weighted by molar-refractivity contribution is 5.87. The third-order valence-electron chi connectivity index (χ3n) is 4.30. The summed E-state index contributed by atoms with van der Waals surface area (Å²) in [6, 6.07) is 13.7. The quantitative estimate of drug-likeness (QED) is 0.860. The van der Waals surface area contributed by atoms with E-state index in [1.807, 2.05) is 24.3 Å². The maximum Gasteiger partial charge on any atom is 0.335 e. The molecule has 0 aliphatic heterocycles. The number of hydrogen-bond acceptors (Lipinski definition) is 2. The van der Waals surface area contributed by atoms with Gasteiger partial charge in [0.05, 0.1) is 5.56 Å². The molecule has 2 aromatic carbocycles. The lowest BCUT2D eigenvalue weighted by atomic mass is 9.96. The van der Waals surface area contributed by atoms with Crippen molar-refractivity contribution in [1.82, 2.24) is 5.32 Å². The average molecular weight is 299 g/mol. The zero-order valence-corrected chi connectivity index (χ0v) is 12.2.